The van der Waals surface area contributed by atoms with Gasteiger partial charge >= 0.3 is 5.69 Å². The molecule has 0 spiro atoms. The second-order valence-electron chi connectivity index (χ2n) is 8.09. The molecule has 0 unspecified atom stereocenters. The molecular formula is C24H25N7O. The molecule has 0 aliphatic rings. The van der Waals surface area contributed by atoms with Crippen molar-refractivity contribution < 1.29 is 0 Å². The average Bonchev–Trinajstić information content (AvgIpc) is 3.27. The molecular weight excluding hydrogens is 402 g/mol. The van der Waals surface area contributed by atoms with Gasteiger partial charge in [0.15, 0.2) is 0 Å². The summed E-state index contributed by atoms with van der Waals surface area (Å²) >= 11 is 0. The lowest BCUT2D eigenvalue weighted by molar-refractivity contribution is 0.756. The first-order chi connectivity index (χ1) is 15.4. The van der Waals surface area contributed by atoms with Crippen LogP contribution in [0.2, 0.25) is 0 Å². The number of aryl methyl sites for hydroxylation is 3. The van der Waals surface area contributed by atoms with E-state index in [1.165, 1.54) is 0 Å². The third-order valence-electron chi connectivity index (χ3n) is 6.06. The van der Waals surface area contributed by atoms with Crippen molar-refractivity contribution >= 4 is 27.8 Å². The van der Waals surface area contributed by atoms with Crippen molar-refractivity contribution in [2.24, 2.45) is 14.1 Å². The van der Waals surface area contributed by atoms with Crippen molar-refractivity contribution in [3.63, 3.8) is 0 Å². The Balaban J connectivity index is 1.77. The van der Waals surface area contributed by atoms with E-state index in [2.05, 4.69) is 39.0 Å². The van der Waals surface area contributed by atoms with Gasteiger partial charge < -0.3 is 4.90 Å². The molecule has 1 aromatic carbocycles. The van der Waals surface area contributed by atoms with E-state index in [4.69, 9.17) is 0 Å². The van der Waals surface area contributed by atoms with Gasteiger partial charge in [0.1, 0.15) is 5.82 Å². The summed E-state index contributed by atoms with van der Waals surface area (Å²) in [6, 6.07) is 10.2. The number of imidazole rings is 1. The molecule has 5 rings (SSSR count). The molecule has 5 aromatic rings. The zero-order valence-electron chi connectivity index (χ0n) is 18.9. The maximum absolute atomic E-state index is 13.2. The van der Waals surface area contributed by atoms with Crippen molar-refractivity contribution in [1.82, 2.24) is 28.9 Å². The Bertz CT molecular complexity index is 1520. The van der Waals surface area contributed by atoms with E-state index in [1.807, 2.05) is 51.6 Å². The minimum Gasteiger partial charge on any atom is -0.360 e. The molecule has 32 heavy (non-hydrogen) atoms. The zero-order valence-corrected chi connectivity index (χ0v) is 18.9. The number of benzene rings is 1. The maximum atomic E-state index is 13.2. The summed E-state index contributed by atoms with van der Waals surface area (Å²) in [4.78, 5) is 24.5. The third-order valence-corrected chi connectivity index (χ3v) is 6.06. The number of pyridine rings is 2. The highest BCUT2D eigenvalue weighted by Crippen LogP contribution is 2.30. The van der Waals surface area contributed by atoms with Gasteiger partial charge in [-0.3, -0.25) is 18.8 Å². The Kier molecular flexibility index (Phi) is 4.58. The van der Waals surface area contributed by atoms with Crippen LogP contribution in [0.4, 0.5) is 5.82 Å². The largest absolute Gasteiger partial charge is 0.360 e. The van der Waals surface area contributed by atoms with E-state index in [0.29, 0.717) is 0 Å². The van der Waals surface area contributed by atoms with Gasteiger partial charge in [0, 0.05) is 51.0 Å². The molecule has 4 aromatic heterocycles. The average molecular weight is 428 g/mol. The van der Waals surface area contributed by atoms with Crippen LogP contribution in [0.3, 0.4) is 0 Å². The normalized spacial score (nSPS) is 11.5. The van der Waals surface area contributed by atoms with Gasteiger partial charge in [-0.25, -0.2) is 9.78 Å². The van der Waals surface area contributed by atoms with Gasteiger partial charge in [-0.05, 0) is 43.7 Å². The van der Waals surface area contributed by atoms with Crippen LogP contribution in [0.15, 0.2) is 53.7 Å². The van der Waals surface area contributed by atoms with Crippen molar-refractivity contribution in [3.05, 3.63) is 65.1 Å². The number of hydrogen-bond acceptors (Lipinski definition) is 5. The first-order valence-electron chi connectivity index (χ1n) is 10.6. The molecule has 0 N–H and O–H groups in total. The van der Waals surface area contributed by atoms with Crippen LogP contribution in [0.5, 0.6) is 0 Å². The monoisotopic (exact) mass is 427 g/mol. The Hall–Kier alpha value is -3.94. The topological polar surface area (TPSA) is 73.8 Å². The van der Waals surface area contributed by atoms with Crippen LogP contribution in [-0.4, -0.2) is 42.5 Å². The Morgan fingerprint density at radius 3 is 2.47 bits per heavy atom. The first-order valence-corrected chi connectivity index (χ1v) is 10.6. The number of hydrogen-bond donors (Lipinski definition) is 0. The highest BCUT2D eigenvalue weighted by atomic mass is 16.1. The quantitative estimate of drug-likeness (QED) is 0.439. The highest BCUT2D eigenvalue weighted by molar-refractivity contribution is 6.04. The van der Waals surface area contributed by atoms with Gasteiger partial charge in [0.2, 0.25) is 0 Å². The molecule has 0 saturated carbocycles. The van der Waals surface area contributed by atoms with E-state index in [9.17, 15) is 4.79 Å². The van der Waals surface area contributed by atoms with Crippen LogP contribution in [-0.2, 0) is 14.1 Å². The summed E-state index contributed by atoms with van der Waals surface area (Å²) in [5.74, 6) is 0.935. The van der Waals surface area contributed by atoms with E-state index >= 15 is 0 Å². The smallest absolute Gasteiger partial charge is 0.333 e. The molecule has 0 saturated heterocycles. The fourth-order valence-corrected chi connectivity index (χ4v) is 4.15. The SMILES string of the molecule is CCN(C)c1ccc(-c2ccc3ncc4c(c3c2)n(-c2cn(C)nc2C)c(=O)n4C)cn1. The molecule has 0 amide bonds. The van der Waals surface area contributed by atoms with Crippen LogP contribution >= 0.6 is 0 Å². The molecule has 4 heterocycles. The molecule has 8 nitrogen and oxygen atoms in total. The summed E-state index contributed by atoms with van der Waals surface area (Å²) in [5, 5.41) is 5.35. The summed E-state index contributed by atoms with van der Waals surface area (Å²) in [7, 11) is 5.66. The lowest BCUT2D eigenvalue weighted by atomic mass is 10.0. The van der Waals surface area contributed by atoms with Crippen LogP contribution in [0, 0.1) is 6.92 Å². The maximum Gasteiger partial charge on any atom is 0.333 e. The van der Waals surface area contributed by atoms with Crippen molar-refractivity contribution in [1.29, 1.82) is 0 Å². The van der Waals surface area contributed by atoms with Crippen LogP contribution in [0.25, 0.3) is 38.8 Å². The molecule has 0 atom stereocenters. The summed E-state index contributed by atoms with van der Waals surface area (Å²) < 4.78 is 5.10. The number of rotatable bonds is 4. The van der Waals surface area contributed by atoms with E-state index in [-0.39, 0.29) is 5.69 Å². The fraction of sp³-hybridized carbons (Fsp3) is 0.250. The second-order valence-corrected chi connectivity index (χ2v) is 8.09. The van der Waals surface area contributed by atoms with Crippen LogP contribution in [0.1, 0.15) is 12.6 Å². The van der Waals surface area contributed by atoms with Crippen molar-refractivity contribution in [2.45, 2.75) is 13.8 Å². The minimum atomic E-state index is -0.121. The molecule has 0 radical (unpaired) electrons. The highest BCUT2D eigenvalue weighted by Gasteiger charge is 2.19. The third kappa shape index (κ3) is 2.98. The minimum absolute atomic E-state index is 0.121. The molecule has 0 bridgehead atoms. The fourth-order valence-electron chi connectivity index (χ4n) is 4.15. The Morgan fingerprint density at radius 1 is 1.03 bits per heavy atom. The van der Waals surface area contributed by atoms with E-state index in [1.54, 1.807) is 27.1 Å². The molecule has 0 fully saturated rings. The summed E-state index contributed by atoms with van der Waals surface area (Å²) in [6.07, 6.45) is 5.52. The van der Waals surface area contributed by atoms with Crippen molar-refractivity contribution in [3.8, 4) is 16.8 Å². The van der Waals surface area contributed by atoms with Gasteiger partial charge in [-0.15, -0.1) is 0 Å². The Labute approximate surface area is 185 Å². The van der Waals surface area contributed by atoms with Gasteiger partial charge in [0.25, 0.3) is 0 Å². The molecule has 0 aliphatic carbocycles. The number of fused-ring (bicyclic) bond motifs is 3. The van der Waals surface area contributed by atoms with Gasteiger partial charge in [0.05, 0.1) is 34.1 Å². The summed E-state index contributed by atoms with van der Waals surface area (Å²) in [5.41, 5.74) is 5.92. The van der Waals surface area contributed by atoms with Gasteiger partial charge in [-0.1, -0.05) is 6.07 Å². The first kappa shape index (κ1) is 20.0. The van der Waals surface area contributed by atoms with E-state index in [0.717, 1.165) is 56.8 Å². The van der Waals surface area contributed by atoms with Gasteiger partial charge in [-0.2, -0.15) is 5.10 Å². The standard InChI is InChI=1S/C24H25N7O/c1-6-28(3)22-10-8-17(12-26-22)16-7-9-19-18(11-16)23-20(13-25-19)30(5)24(32)31(23)21-14-29(4)27-15(21)2/h7-14H,6H2,1-5H3. The molecule has 8 heteroatoms. The summed E-state index contributed by atoms with van der Waals surface area (Å²) in [6.45, 7) is 4.90. The lowest BCUT2D eigenvalue weighted by Gasteiger charge is -2.15. The predicted octanol–water partition coefficient (Wildman–Crippen LogP) is 3.44. The van der Waals surface area contributed by atoms with Crippen LogP contribution < -0.4 is 10.6 Å². The van der Waals surface area contributed by atoms with E-state index < -0.39 is 0 Å². The zero-order chi connectivity index (χ0) is 22.6. The number of nitrogens with zero attached hydrogens (tertiary/aromatic N) is 7. The van der Waals surface area contributed by atoms with Crippen molar-refractivity contribution in [2.75, 3.05) is 18.5 Å². The lowest BCUT2D eigenvalue weighted by Crippen LogP contribution is -2.21. The number of anilines is 1. The Morgan fingerprint density at radius 2 is 1.81 bits per heavy atom. The number of aromatic nitrogens is 6. The second kappa shape index (κ2) is 7.33. The molecule has 0 aliphatic heterocycles. The molecule has 162 valence electrons. The predicted molar refractivity (Wildman–Crippen MR) is 127 cm³/mol.